The van der Waals surface area contributed by atoms with Gasteiger partial charge in [-0.3, -0.25) is 4.79 Å². The zero-order valence-electron chi connectivity index (χ0n) is 11.1. The quantitative estimate of drug-likeness (QED) is 0.487. The van der Waals surface area contributed by atoms with Gasteiger partial charge in [-0.05, 0) is 30.3 Å². The predicted molar refractivity (Wildman–Crippen MR) is 97.2 cm³/mol. The molecule has 0 radical (unpaired) electrons. The second-order valence-electron chi connectivity index (χ2n) is 4.21. The number of amides is 1. The van der Waals surface area contributed by atoms with Crippen LogP contribution in [0.2, 0.25) is 0 Å². The first-order chi connectivity index (χ1) is 10.1. The molecule has 0 saturated heterocycles. The molecule has 2 aromatic carbocycles. The maximum atomic E-state index is 12.4. The smallest absolute Gasteiger partial charge is 0.255 e. The Balaban J connectivity index is 2.21. The molecule has 0 spiro atoms. The molecule has 0 unspecified atom stereocenters. The van der Waals surface area contributed by atoms with Crippen molar-refractivity contribution in [3.63, 3.8) is 0 Å². The van der Waals surface area contributed by atoms with Gasteiger partial charge < -0.3 is 5.32 Å². The highest BCUT2D eigenvalue weighted by Gasteiger charge is 2.10. The fourth-order valence-electron chi connectivity index (χ4n) is 1.72. The Morgan fingerprint density at radius 3 is 2.52 bits per heavy atom. The monoisotopic (exact) mass is 425 g/mol. The van der Waals surface area contributed by atoms with Crippen LogP contribution in [0.1, 0.15) is 10.4 Å². The maximum absolute atomic E-state index is 12.4. The minimum atomic E-state index is -0.136. The van der Waals surface area contributed by atoms with E-state index >= 15 is 0 Å². The van der Waals surface area contributed by atoms with Gasteiger partial charge in [-0.25, -0.2) is 0 Å². The molecule has 2 aromatic rings. The Bertz CT molecular complexity index is 653. The van der Waals surface area contributed by atoms with Crippen LogP contribution >= 0.6 is 43.6 Å². The second-order valence-corrected chi connectivity index (χ2v) is 7.10. The van der Waals surface area contributed by atoms with Gasteiger partial charge in [0.2, 0.25) is 0 Å². The van der Waals surface area contributed by atoms with Crippen molar-refractivity contribution < 1.29 is 4.79 Å². The van der Waals surface area contributed by atoms with Crippen LogP contribution in [0.4, 0.5) is 5.69 Å². The van der Waals surface area contributed by atoms with E-state index in [4.69, 9.17) is 0 Å². The predicted octanol–water partition coefficient (Wildman–Crippen LogP) is 5.74. The SMILES string of the molecule is C=CCSc1ccccc1NC(=O)c1cc(Br)cc(Br)c1. The first-order valence-electron chi connectivity index (χ1n) is 6.20. The van der Waals surface area contributed by atoms with Gasteiger partial charge >= 0.3 is 0 Å². The third-order valence-electron chi connectivity index (χ3n) is 2.62. The van der Waals surface area contributed by atoms with Gasteiger partial charge in [0.05, 0.1) is 5.69 Å². The topological polar surface area (TPSA) is 29.1 Å². The molecule has 2 rings (SSSR count). The molecule has 0 atom stereocenters. The van der Waals surface area contributed by atoms with Crippen LogP contribution in [0.3, 0.4) is 0 Å². The molecule has 0 fully saturated rings. The fraction of sp³-hybridized carbons (Fsp3) is 0.0625. The van der Waals surface area contributed by atoms with Crippen molar-refractivity contribution in [2.45, 2.75) is 4.90 Å². The van der Waals surface area contributed by atoms with Crippen LogP contribution in [0, 0.1) is 0 Å². The van der Waals surface area contributed by atoms with Crippen LogP contribution in [0.5, 0.6) is 0 Å². The van der Waals surface area contributed by atoms with Crippen molar-refractivity contribution in [1.29, 1.82) is 0 Å². The van der Waals surface area contributed by atoms with Crippen molar-refractivity contribution in [2.24, 2.45) is 0 Å². The van der Waals surface area contributed by atoms with E-state index in [0.29, 0.717) is 5.56 Å². The highest BCUT2D eigenvalue weighted by molar-refractivity contribution is 9.11. The van der Waals surface area contributed by atoms with Gasteiger partial charge in [-0.15, -0.1) is 18.3 Å². The molecule has 21 heavy (non-hydrogen) atoms. The molecule has 0 aliphatic carbocycles. The fourth-order valence-corrected chi connectivity index (χ4v) is 3.76. The summed E-state index contributed by atoms with van der Waals surface area (Å²) in [6.07, 6.45) is 1.84. The minimum Gasteiger partial charge on any atom is -0.321 e. The van der Waals surface area contributed by atoms with Gasteiger partial charge in [0.1, 0.15) is 0 Å². The number of thioether (sulfide) groups is 1. The number of benzene rings is 2. The molecule has 0 bridgehead atoms. The lowest BCUT2D eigenvalue weighted by Gasteiger charge is -2.10. The molecular weight excluding hydrogens is 414 g/mol. The summed E-state index contributed by atoms with van der Waals surface area (Å²) >= 11 is 8.42. The van der Waals surface area contributed by atoms with Gasteiger partial charge in [0.25, 0.3) is 5.91 Å². The number of hydrogen-bond donors (Lipinski definition) is 1. The number of para-hydroxylation sites is 1. The summed E-state index contributed by atoms with van der Waals surface area (Å²) in [5.74, 6) is 0.665. The molecule has 0 aromatic heterocycles. The average Bonchev–Trinajstić information content (AvgIpc) is 2.45. The third-order valence-corrected chi connectivity index (χ3v) is 4.60. The molecule has 108 valence electrons. The number of halogens is 2. The standard InChI is InChI=1S/C16H13Br2NOS/c1-2-7-21-15-6-4-3-5-14(15)19-16(20)11-8-12(17)10-13(18)9-11/h2-6,8-10H,1,7H2,(H,19,20). The summed E-state index contributed by atoms with van der Waals surface area (Å²) in [5, 5.41) is 2.95. The summed E-state index contributed by atoms with van der Waals surface area (Å²) in [7, 11) is 0. The van der Waals surface area contributed by atoms with Crippen LogP contribution < -0.4 is 5.32 Å². The van der Waals surface area contributed by atoms with E-state index in [2.05, 4.69) is 43.8 Å². The van der Waals surface area contributed by atoms with Gasteiger partial charge in [-0.1, -0.05) is 50.1 Å². The van der Waals surface area contributed by atoms with Crippen LogP contribution in [0.25, 0.3) is 0 Å². The summed E-state index contributed by atoms with van der Waals surface area (Å²) in [6, 6.07) is 13.2. The van der Waals surface area contributed by atoms with Crippen molar-refractivity contribution in [1.82, 2.24) is 0 Å². The van der Waals surface area contributed by atoms with Crippen molar-refractivity contribution in [3.05, 3.63) is 69.6 Å². The molecule has 0 heterocycles. The number of anilines is 1. The Morgan fingerprint density at radius 1 is 1.19 bits per heavy atom. The molecule has 0 aliphatic rings. The number of carbonyl (C=O) groups is 1. The normalized spacial score (nSPS) is 10.2. The highest BCUT2D eigenvalue weighted by atomic mass is 79.9. The summed E-state index contributed by atoms with van der Waals surface area (Å²) in [5.41, 5.74) is 1.41. The van der Waals surface area contributed by atoms with E-state index in [1.165, 1.54) is 0 Å². The maximum Gasteiger partial charge on any atom is 0.255 e. The largest absolute Gasteiger partial charge is 0.321 e. The molecule has 5 heteroatoms. The van der Waals surface area contributed by atoms with Crippen LogP contribution in [0.15, 0.2) is 69.0 Å². The summed E-state index contributed by atoms with van der Waals surface area (Å²) in [6.45, 7) is 3.71. The van der Waals surface area contributed by atoms with E-state index < -0.39 is 0 Å². The van der Waals surface area contributed by atoms with Crippen LogP contribution in [-0.2, 0) is 0 Å². The van der Waals surface area contributed by atoms with Gasteiger partial charge in [-0.2, -0.15) is 0 Å². The molecule has 0 saturated carbocycles. The molecule has 1 amide bonds. The lowest BCUT2D eigenvalue weighted by atomic mass is 10.2. The average molecular weight is 427 g/mol. The van der Waals surface area contributed by atoms with E-state index in [1.807, 2.05) is 36.4 Å². The van der Waals surface area contributed by atoms with Gasteiger partial charge in [0, 0.05) is 25.2 Å². The van der Waals surface area contributed by atoms with Gasteiger partial charge in [0.15, 0.2) is 0 Å². The zero-order valence-corrected chi connectivity index (χ0v) is 15.1. The Morgan fingerprint density at radius 2 is 1.86 bits per heavy atom. The molecule has 1 N–H and O–H groups in total. The molecule has 0 aliphatic heterocycles. The lowest BCUT2D eigenvalue weighted by Crippen LogP contribution is -2.12. The highest BCUT2D eigenvalue weighted by Crippen LogP contribution is 2.28. The minimum absolute atomic E-state index is 0.136. The molecular formula is C16H13Br2NOS. The van der Waals surface area contributed by atoms with Crippen molar-refractivity contribution in [2.75, 3.05) is 11.1 Å². The summed E-state index contributed by atoms with van der Waals surface area (Å²) < 4.78 is 1.72. The van der Waals surface area contributed by atoms with E-state index in [-0.39, 0.29) is 5.91 Å². The number of carbonyl (C=O) groups excluding carboxylic acids is 1. The molecule has 2 nitrogen and oxygen atoms in total. The van der Waals surface area contributed by atoms with Crippen molar-refractivity contribution >= 4 is 55.2 Å². The Kier molecular flexibility index (Phi) is 6.08. The van der Waals surface area contributed by atoms with Crippen LogP contribution in [-0.4, -0.2) is 11.7 Å². The number of hydrogen-bond acceptors (Lipinski definition) is 2. The first-order valence-corrected chi connectivity index (χ1v) is 8.77. The van der Waals surface area contributed by atoms with Crippen molar-refractivity contribution in [3.8, 4) is 0 Å². The Hall–Kier alpha value is -1.04. The van der Waals surface area contributed by atoms with E-state index in [0.717, 1.165) is 25.3 Å². The first kappa shape index (κ1) is 16.3. The number of nitrogens with one attached hydrogen (secondary N) is 1. The Labute approximate surface area is 145 Å². The summed E-state index contributed by atoms with van der Waals surface area (Å²) in [4.78, 5) is 13.4. The zero-order chi connectivity index (χ0) is 15.2. The lowest BCUT2D eigenvalue weighted by molar-refractivity contribution is 0.102. The van der Waals surface area contributed by atoms with E-state index in [9.17, 15) is 4.79 Å². The second kappa shape index (κ2) is 7.82. The number of rotatable bonds is 5. The third kappa shape index (κ3) is 4.73. The van der Waals surface area contributed by atoms with E-state index in [1.54, 1.807) is 23.9 Å².